The van der Waals surface area contributed by atoms with Crippen LogP contribution in [0.25, 0.3) is 16.7 Å². The molecular formula is C26H31N5O4S. The van der Waals surface area contributed by atoms with Crippen LogP contribution in [-0.2, 0) is 20.5 Å². The molecule has 1 aliphatic heterocycles. The number of fused-ring (bicyclic) bond motifs is 3. The molecule has 0 radical (unpaired) electrons. The van der Waals surface area contributed by atoms with Crippen LogP contribution in [0.2, 0.25) is 0 Å². The van der Waals surface area contributed by atoms with Gasteiger partial charge in [0.15, 0.2) is 5.65 Å². The fourth-order valence-electron chi connectivity index (χ4n) is 4.79. The highest BCUT2D eigenvalue weighted by molar-refractivity contribution is 7.89. The zero-order valence-electron chi connectivity index (χ0n) is 21.0. The van der Waals surface area contributed by atoms with Crippen LogP contribution in [0.1, 0.15) is 51.4 Å². The molecule has 3 aromatic heterocycles. The second kappa shape index (κ2) is 8.92. The van der Waals surface area contributed by atoms with E-state index in [1.807, 2.05) is 43.4 Å². The summed E-state index contributed by atoms with van der Waals surface area (Å²) < 4.78 is 35.3. The number of amides is 1. The molecule has 190 valence electrons. The minimum absolute atomic E-state index is 0.0383. The molecule has 36 heavy (non-hydrogen) atoms. The van der Waals surface area contributed by atoms with E-state index in [1.54, 1.807) is 41.7 Å². The number of piperidine rings is 1. The highest BCUT2D eigenvalue weighted by Crippen LogP contribution is 2.34. The number of rotatable bonds is 4. The van der Waals surface area contributed by atoms with Crippen LogP contribution in [-0.4, -0.2) is 56.4 Å². The average molecular weight is 510 g/mol. The minimum atomic E-state index is -3.68. The Balaban J connectivity index is 1.52. The lowest BCUT2D eigenvalue weighted by molar-refractivity contribution is 0.0160. The van der Waals surface area contributed by atoms with Crippen LogP contribution in [0.4, 0.5) is 4.79 Å². The van der Waals surface area contributed by atoms with Crippen molar-refractivity contribution in [2.75, 3.05) is 13.1 Å². The third kappa shape index (κ3) is 4.57. The number of carbonyl (C=O) groups is 1. The molecule has 0 spiro atoms. The maximum atomic E-state index is 13.3. The Morgan fingerprint density at radius 3 is 2.56 bits per heavy atom. The number of hydrogen-bond acceptors (Lipinski definition) is 6. The molecule has 10 heteroatoms. The normalized spacial score (nSPS) is 19.2. The third-order valence-corrected chi connectivity index (χ3v) is 8.21. The molecule has 0 aliphatic carbocycles. The van der Waals surface area contributed by atoms with E-state index in [0.717, 1.165) is 17.8 Å². The van der Waals surface area contributed by atoms with Crippen molar-refractivity contribution in [3.63, 3.8) is 0 Å². The third-order valence-electron chi connectivity index (χ3n) is 6.62. The zero-order chi connectivity index (χ0) is 25.7. The maximum absolute atomic E-state index is 13.3. The van der Waals surface area contributed by atoms with Gasteiger partial charge in [0, 0.05) is 25.2 Å². The van der Waals surface area contributed by atoms with Gasteiger partial charge in [0.1, 0.15) is 11.4 Å². The number of likely N-dealkylation sites (tertiary alicyclic amines) is 1. The standard InChI is InChI=1S/C26H31N5O4S/c1-18-10-12-29(25(32)35-26(2,3)4)16-21(18)23-27-14-20-15-28-24-22(31(20)23)11-13-30(24)36(33,34)17-19-8-6-5-7-9-19/h5-9,11,13-15,18,21H,10,12,16-17H2,1-4H3. The van der Waals surface area contributed by atoms with E-state index in [-0.39, 0.29) is 23.7 Å². The molecule has 0 saturated carbocycles. The number of nitrogens with zero attached hydrogens (tertiary/aromatic N) is 5. The largest absolute Gasteiger partial charge is 0.444 e. The molecule has 5 rings (SSSR count). The molecule has 1 saturated heterocycles. The van der Waals surface area contributed by atoms with E-state index in [1.165, 1.54) is 3.97 Å². The molecule has 2 unspecified atom stereocenters. The predicted octanol–water partition coefficient (Wildman–Crippen LogP) is 4.42. The average Bonchev–Trinajstić information content (AvgIpc) is 3.43. The first-order chi connectivity index (χ1) is 17.0. The van der Waals surface area contributed by atoms with E-state index in [4.69, 9.17) is 9.72 Å². The highest BCUT2D eigenvalue weighted by atomic mass is 32.2. The lowest BCUT2D eigenvalue weighted by Crippen LogP contribution is -2.44. The maximum Gasteiger partial charge on any atom is 0.410 e. The molecule has 0 bridgehead atoms. The van der Waals surface area contributed by atoms with Gasteiger partial charge < -0.3 is 9.64 Å². The van der Waals surface area contributed by atoms with Crippen molar-refractivity contribution < 1.29 is 17.9 Å². The van der Waals surface area contributed by atoms with Gasteiger partial charge in [-0.15, -0.1) is 0 Å². The number of hydrogen-bond donors (Lipinski definition) is 0. The van der Waals surface area contributed by atoms with Crippen molar-refractivity contribution in [1.82, 2.24) is 23.2 Å². The van der Waals surface area contributed by atoms with Crippen LogP contribution in [0, 0.1) is 5.92 Å². The quantitative estimate of drug-likeness (QED) is 0.404. The molecule has 1 amide bonds. The Bertz CT molecular complexity index is 1520. The Morgan fingerprint density at radius 1 is 1.11 bits per heavy atom. The number of aromatic nitrogens is 4. The first-order valence-corrected chi connectivity index (χ1v) is 13.7. The van der Waals surface area contributed by atoms with E-state index >= 15 is 0 Å². The number of carbonyl (C=O) groups excluding carboxylic acids is 1. The van der Waals surface area contributed by atoms with Crippen LogP contribution in [0.5, 0.6) is 0 Å². The van der Waals surface area contributed by atoms with Gasteiger partial charge in [0.25, 0.3) is 0 Å². The molecule has 1 fully saturated rings. The van der Waals surface area contributed by atoms with Crippen LogP contribution in [0.3, 0.4) is 0 Å². The summed E-state index contributed by atoms with van der Waals surface area (Å²) in [6.45, 7) is 8.84. The van der Waals surface area contributed by atoms with E-state index < -0.39 is 15.6 Å². The molecule has 4 aromatic rings. The number of benzene rings is 1. The summed E-state index contributed by atoms with van der Waals surface area (Å²) in [5.41, 5.74) is 1.93. The fourth-order valence-corrected chi connectivity index (χ4v) is 6.20. The van der Waals surface area contributed by atoms with Gasteiger partial charge in [-0.3, -0.25) is 4.40 Å². The SMILES string of the molecule is CC1CCN(C(=O)OC(C)(C)C)CC1c1ncc2cnc3c(ccn3S(=O)(=O)Cc3ccccc3)n12. The van der Waals surface area contributed by atoms with Gasteiger partial charge in [-0.2, -0.15) is 0 Å². The second-order valence-corrected chi connectivity index (χ2v) is 12.3. The van der Waals surface area contributed by atoms with Crippen molar-refractivity contribution in [2.45, 2.75) is 51.4 Å². The summed E-state index contributed by atoms with van der Waals surface area (Å²) >= 11 is 0. The molecule has 9 nitrogen and oxygen atoms in total. The summed E-state index contributed by atoms with van der Waals surface area (Å²) in [5.74, 6) is 0.903. The summed E-state index contributed by atoms with van der Waals surface area (Å²) in [5, 5.41) is 0. The molecule has 2 atom stereocenters. The van der Waals surface area contributed by atoms with Crippen LogP contribution in [0.15, 0.2) is 55.0 Å². The van der Waals surface area contributed by atoms with Gasteiger partial charge in [-0.1, -0.05) is 37.3 Å². The Morgan fingerprint density at radius 2 is 1.83 bits per heavy atom. The van der Waals surface area contributed by atoms with E-state index in [2.05, 4.69) is 11.9 Å². The monoisotopic (exact) mass is 509 g/mol. The second-order valence-electron chi connectivity index (χ2n) is 10.5. The lowest BCUT2D eigenvalue weighted by atomic mass is 9.86. The van der Waals surface area contributed by atoms with Crippen molar-refractivity contribution in [3.05, 3.63) is 66.4 Å². The number of ether oxygens (including phenoxy) is 1. The van der Waals surface area contributed by atoms with Crippen molar-refractivity contribution >= 4 is 32.8 Å². The molecular weight excluding hydrogens is 478 g/mol. The van der Waals surface area contributed by atoms with Gasteiger partial charge in [-0.25, -0.2) is 27.2 Å². The first kappa shape index (κ1) is 24.3. The van der Waals surface area contributed by atoms with Gasteiger partial charge in [-0.05, 0) is 44.7 Å². The van der Waals surface area contributed by atoms with Crippen LogP contribution < -0.4 is 0 Å². The van der Waals surface area contributed by atoms with Crippen LogP contribution >= 0.6 is 0 Å². The summed E-state index contributed by atoms with van der Waals surface area (Å²) in [6, 6.07) is 10.9. The van der Waals surface area contributed by atoms with Crippen molar-refractivity contribution in [1.29, 1.82) is 0 Å². The minimum Gasteiger partial charge on any atom is -0.444 e. The first-order valence-electron chi connectivity index (χ1n) is 12.1. The Hall–Kier alpha value is -3.40. The molecule has 0 N–H and O–H groups in total. The topological polar surface area (TPSA) is 98.8 Å². The zero-order valence-corrected chi connectivity index (χ0v) is 21.8. The number of imidazole rings is 1. The highest BCUT2D eigenvalue weighted by Gasteiger charge is 2.35. The Labute approximate surface area is 210 Å². The fraction of sp³-hybridized carbons (Fsp3) is 0.423. The van der Waals surface area contributed by atoms with E-state index in [9.17, 15) is 13.2 Å². The summed E-state index contributed by atoms with van der Waals surface area (Å²) in [6.07, 6.45) is 5.43. The summed E-state index contributed by atoms with van der Waals surface area (Å²) in [7, 11) is -3.68. The molecule has 1 aliphatic rings. The molecule has 1 aromatic carbocycles. The Kier molecular flexibility index (Phi) is 6.02. The van der Waals surface area contributed by atoms with Gasteiger partial charge in [0.05, 0.1) is 29.2 Å². The smallest absolute Gasteiger partial charge is 0.410 e. The van der Waals surface area contributed by atoms with Crippen molar-refractivity contribution in [3.8, 4) is 0 Å². The van der Waals surface area contributed by atoms with Gasteiger partial charge >= 0.3 is 6.09 Å². The lowest BCUT2D eigenvalue weighted by Gasteiger charge is -2.37. The summed E-state index contributed by atoms with van der Waals surface area (Å²) in [4.78, 5) is 23.7. The predicted molar refractivity (Wildman–Crippen MR) is 137 cm³/mol. The van der Waals surface area contributed by atoms with Crippen molar-refractivity contribution in [2.24, 2.45) is 5.92 Å². The van der Waals surface area contributed by atoms with E-state index in [0.29, 0.717) is 29.8 Å². The van der Waals surface area contributed by atoms with Gasteiger partial charge in [0.2, 0.25) is 10.0 Å². The molecule has 4 heterocycles.